The number of fused-ring (bicyclic) bond motifs is 1. The molecule has 110 valence electrons. The monoisotopic (exact) mass is 288 g/mol. The largest absolute Gasteiger partial charge is 0.334 e. The van der Waals surface area contributed by atoms with Gasteiger partial charge in [0.2, 0.25) is 0 Å². The maximum Gasteiger partial charge on any atom is 0.257 e. The lowest BCUT2D eigenvalue weighted by atomic mass is 10.0. The van der Waals surface area contributed by atoms with Crippen molar-refractivity contribution in [1.82, 2.24) is 20.4 Å². The Morgan fingerprint density at radius 1 is 1.19 bits per heavy atom. The second kappa shape index (κ2) is 5.20. The molecule has 3 heterocycles. The van der Waals surface area contributed by atoms with Crippen molar-refractivity contribution >= 4 is 0 Å². The highest BCUT2D eigenvalue weighted by Gasteiger charge is 2.36. The van der Waals surface area contributed by atoms with Gasteiger partial charge in [0.15, 0.2) is 5.82 Å². The van der Waals surface area contributed by atoms with Crippen molar-refractivity contribution in [3.05, 3.63) is 35.9 Å². The Balaban J connectivity index is 1.44. The number of halogens is 1. The Bertz CT molecular complexity index is 615. The molecule has 0 amide bonds. The molecular formula is C15H17FN4O. The number of rotatable bonds is 3. The van der Waals surface area contributed by atoms with E-state index in [1.165, 1.54) is 12.1 Å². The normalized spacial score (nSPS) is 25.4. The predicted octanol–water partition coefficient (Wildman–Crippen LogP) is 1.53. The van der Waals surface area contributed by atoms with Gasteiger partial charge in [-0.25, -0.2) is 4.39 Å². The van der Waals surface area contributed by atoms with Crippen molar-refractivity contribution in [2.24, 2.45) is 11.8 Å². The molecule has 2 aromatic rings. The first-order chi connectivity index (χ1) is 10.3. The molecule has 6 heteroatoms. The minimum Gasteiger partial charge on any atom is -0.334 e. The van der Waals surface area contributed by atoms with Crippen molar-refractivity contribution in [1.29, 1.82) is 0 Å². The summed E-state index contributed by atoms with van der Waals surface area (Å²) in [4.78, 5) is 6.79. The van der Waals surface area contributed by atoms with Crippen LogP contribution in [-0.2, 0) is 6.54 Å². The second-order valence-corrected chi connectivity index (χ2v) is 5.90. The first kappa shape index (κ1) is 12.9. The first-order valence-electron chi connectivity index (χ1n) is 7.29. The quantitative estimate of drug-likeness (QED) is 0.928. The molecule has 1 aromatic heterocycles. The smallest absolute Gasteiger partial charge is 0.257 e. The van der Waals surface area contributed by atoms with E-state index in [2.05, 4.69) is 20.4 Å². The van der Waals surface area contributed by atoms with Crippen LogP contribution in [0.3, 0.4) is 0 Å². The molecule has 0 aliphatic carbocycles. The van der Waals surface area contributed by atoms with Gasteiger partial charge in [0.25, 0.3) is 5.89 Å². The Morgan fingerprint density at radius 3 is 2.62 bits per heavy atom. The van der Waals surface area contributed by atoms with Crippen molar-refractivity contribution < 1.29 is 8.91 Å². The fourth-order valence-electron chi connectivity index (χ4n) is 3.31. The van der Waals surface area contributed by atoms with E-state index >= 15 is 0 Å². The van der Waals surface area contributed by atoms with Gasteiger partial charge in [-0.2, -0.15) is 4.98 Å². The maximum absolute atomic E-state index is 12.9. The zero-order valence-corrected chi connectivity index (χ0v) is 11.6. The lowest BCUT2D eigenvalue weighted by Crippen LogP contribution is -2.25. The Labute approximate surface area is 122 Å². The molecule has 5 nitrogen and oxygen atoms in total. The van der Waals surface area contributed by atoms with Gasteiger partial charge in [0.1, 0.15) is 5.82 Å². The third kappa shape index (κ3) is 2.56. The number of nitrogens with one attached hydrogen (secondary N) is 1. The third-order valence-corrected chi connectivity index (χ3v) is 4.39. The van der Waals surface area contributed by atoms with E-state index < -0.39 is 0 Å². The summed E-state index contributed by atoms with van der Waals surface area (Å²) in [6.07, 6.45) is 0. The summed E-state index contributed by atoms with van der Waals surface area (Å²) >= 11 is 0. The molecule has 2 atom stereocenters. The zero-order chi connectivity index (χ0) is 14.2. The van der Waals surface area contributed by atoms with Crippen LogP contribution in [0, 0.1) is 17.7 Å². The number of hydrogen-bond donors (Lipinski definition) is 1. The summed E-state index contributed by atoms with van der Waals surface area (Å²) in [5.74, 6) is 2.39. The second-order valence-electron chi connectivity index (χ2n) is 5.90. The molecule has 0 spiro atoms. The standard InChI is InChI=1S/C15H17FN4O/c16-13-3-1-10(2-4-13)15-18-14(19-21-15)9-20-7-11-5-17-6-12(11)8-20/h1-4,11-12,17H,5-9H2. The number of aromatic nitrogens is 2. The van der Waals surface area contributed by atoms with Gasteiger partial charge >= 0.3 is 0 Å². The van der Waals surface area contributed by atoms with Gasteiger partial charge in [0, 0.05) is 18.7 Å². The molecule has 4 rings (SSSR count). The minimum atomic E-state index is -0.268. The minimum absolute atomic E-state index is 0.268. The lowest BCUT2D eigenvalue weighted by molar-refractivity contribution is 0.291. The van der Waals surface area contributed by atoms with E-state index in [0.29, 0.717) is 11.7 Å². The molecule has 2 saturated heterocycles. The molecule has 1 N–H and O–H groups in total. The van der Waals surface area contributed by atoms with Crippen LogP contribution in [0.2, 0.25) is 0 Å². The van der Waals surface area contributed by atoms with E-state index in [4.69, 9.17) is 4.52 Å². The zero-order valence-electron chi connectivity index (χ0n) is 11.6. The molecule has 2 aliphatic rings. The van der Waals surface area contributed by atoms with Crippen molar-refractivity contribution in [3.8, 4) is 11.5 Å². The summed E-state index contributed by atoms with van der Waals surface area (Å²) in [7, 11) is 0. The first-order valence-corrected chi connectivity index (χ1v) is 7.29. The number of benzene rings is 1. The Kier molecular flexibility index (Phi) is 3.20. The van der Waals surface area contributed by atoms with Crippen LogP contribution in [0.5, 0.6) is 0 Å². The lowest BCUT2D eigenvalue weighted by Gasteiger charge is -2.13. The molecule has 1 aromatic carbocycles. The van der Waals surface area contributed by atoms with Crippen molar-refractivity contribution in [3.63, 3.8) is 0 Å². The van der Waals surface area contributed by atoms with Gasteiger partial charge < -0.3 is 9.84 Å². The highest BCUT2D eigenvalue weighted by molar-refractivity contribution is 5.52. The van der Waals surface area contributed by atoms with Crippen LogP contribution in [0.25, 0.3) is 11.5 Å². The number of likely N-dealkylation sites (tertiary alicyclic amines) is 1. The van der Waals surface area contributed by atoms with Crippen LogP contribution < -0.4 is 5.32 Å². The van der Waals surface area contributed by atoms with Gasteiger partial charge in [-0.3, -0.25) is 4.90 Å². The topological polar surface area (TPSA) is 54.2 Å². The van der Waals surface area contributed by atoms with Gasteiger partial charge in [-0.05, 0) is 49.2 Å². The molecule has 21 heavy (non-hydrogen) atoms. The predicted molar refractivity (Wildman–Crippen MR) is 74.8 cm³/mol. The Morgan fingerprint density at radius 2 is 1.90 bits per heavy atom. The van der Waals surface area contributed by atoms with E-state index in [1.54, 1.807) is 12.1 Å². The molecule has 0 bridgehead atoms. The molecule has 0 radical (unpaired) electrons. The summed E-state index contributed by atoms with van der Waals surface area (Å²) in [5, 5.41) is 7.47. The maximum atomic E-state index is 12.9. The van der Waals surface area contributed by atoms with Crippen LogP contribution in [0.15, 0.2) is 28.8 Å². The van der Waals surface area contributed by atoms with E-state index in [9.17, 15) is 4.39 Å². The van der Waals surface area contributed by atoms with Crippen molar-refractivity contribution in [2.75, 3.05) is 26.2 Å². The summed E-state index contributed by atoms with van der Waals surface area (Å²) in [6, 6.07) is 6.10. The molecule has 2 unspecified atom stereocenters. The molecule has 0 saturated carbocycles. The van der Waals surface area contributed by atoms with Crippen molar-refractivity contribution in [2.45, 2.75) is 6.54 Å². The highest BCUT2D eigenvalue weighted by Crippen LogP contribution is 2.27. The average molecular weight is 288 g/mol. The van der Waals surface area contributed by atoms with Crippen LogP contribution >= 0.6 is 0 Å². The summed E-state index contributed by atoms with van der Waals surface area (Å²) in [6.45, 7) is 5.15. The van der Waals surface area contributed by atoms with Gasteiger partial charge in [-0.15, -0.1) is 0 Å². The Hall–Kier alpha value is -1.79. The number of nitrogens with zero attached hydrogens (tertiary/aromatic N) is 3. The third-order valence-electron chi connectivity index (χ3n) is 4.39. The molecule has 2 fully saturated rings. The fourth-order valence-corrected chi connectivity index (χ4v) is 3.31. The van der Waals surface area contributed by atoms with Gasteiger partial charge in [0.05, 0.1) is 6.54 Å². The molecular weight excluding hydrogens is 271 g/mol. The number of hydrogen-bond acceptors (Lipinski definition) is 5. The average Bonchev–Trinajstić information content (AvgIpc) is 3.16. The van der Waals surface area contributed by atoms with Crippen LogP contribution in [0.4, 0.5) is 4.39 Å². The van der Waals surface area contributed by atoms with Crippen LogP contribution in [0.1, 0.15) is 5.82 Å². The fraction of sp³-hybridized carbons (Fsp3) is 0.467. The van der Waals surface area contributed by atoms with E-state index in [1.807, 2.05) is 0 Å². The van der Waals surface area contributed by atoms with Gasteiger partial charge in [-0.1, -0.05) is 5.16 Å². The highest BCUT2D eigenvalue weighted by atomic mass is 19.1. The molecule has 2 aliphatic heterocycles. The van der Waals surface area contributed by atoms with E-state index in [-0.39, 0.29) is 5.82 Å². The summed E-state index contributed by atoms with van der Waals surface area (Å²) < 4.78 is 18.2. The SMILES string of the molecule is Fc1ccc(-c2nc(CN3CC4CNCC4C3)no2)cc1. The summed E-state index contributed by atoms with van der Waals surface area (Å²) in [5.41, 5.74) is 0.748. The van der Waals surface area contributed by atoms with E-state index in [0.717, 1.165) is 50.1 Å². The van der Waals surface area contributed by atoms with Crippen LogP contribution in [-0.4, -0.2) is 41.2 Å².